The number of amides is 1. The third kappa shape index (κ3) is 4.75. The van der Waals surface area contributed by atoms with Gasteiger partial charge in [-0.3, -0.25) is 4.79 Å². The van der Waals surface area contributed by atoms with Gasteiger partial charge < -0.3 is 20.1 Å². The van der Waals surface area contributed by atoms with Crippen molar-refractivity contribution in [2.24, 2.45) is 5.92 Å². The molecule has 23 heavy (non-hydrogen) atoms. The van der Waals surface area contributed by atoms with E-state index in [4.69, 9.17) is 21.1 Å². The van der Waals surface area contributed by atoms with E-state index in [1.807, 2.05) is 13.0 Å². The average molecular weight is 341 g/mol. The molecule has 5 nitrogen and oxygen atoms in total. The standard InChI is InChI=1S/C17H25ClN2O3/c1-4-23-16-14(18)8-12(9-15(16)22-3)10-20-17(21)13-5-6-19-11(2)7-13/h8-9,11,13,19H,4-7,10H2,1-3H3,(H,20,21)/t11-,13-/m0/s1. The zero-order valence-electron chi connectivity index (χ0n) is 13.9. The molecule has 2 rings (SSSR count). The molecule has 1 aromatic rings. The zero-order valence-corrected chi connectivity index (χ0v) is 14.7. The summed E-state index contributed by atoms with van der Waals surface area (Å²) in [4.78, 5) is 12.3. The Morgan fingerprint density at radius 2 is 2.26 bits per heavy atom. The molecule has 0 saturated carbocycles. The molecular formula is C17H25ClN2O3. The summed E-state index contributed by atoms with van der Waals surface area (Å²) in [6.07, 6.45) is 1.75. The van der Waals surface area contributed by atoms with Crippen molar-refractivity contribution in [1.82, 2.24) is 10.6 Å². The van der Waals surface area contributed by atoms with Gasteiger partial charge in [-0.05, 0) is 50.9 Å². The Bertz CT molecular complexity index is 551. The average Bonchev–Trinajstić information content (AvgIpc) is 2.54. The van der Waals surface area contributed by atoms with Crippen LogP contribution < -0.4 is 20.1 Å². The van der Waals surface area contributed by atoms with Gasteiger partial charge in [0.1, 0.15) is 0 Å². The molecule has 0 bridgehead atoms. The van der Waals surface area contributed by atoms with Crippen LogP contribution >= 0.6 is 11.6 Å². The van der Waals surface area contributed by atoms with Gasteiger partial charge in [0, 0.05) is 18.5 Å². The first-order valence-corrected chi connectivity index (χ1v) is 8.43. The smallest absolute Gasteiger partial charge is 0.223 e. The Morgan fingerprint density at radius 1 is 1.48 bits per heavy atom. The molecule has 2 atom stereocenters. The zero-order chi connectivity index (χ0) is 16.8. The lowest BCUT2D eigenvalue weighted by atomic mass is 9.92. The lowest BCUT2D eigenvalue weighted by Crippen LogP contribution is -2.42. The molecule has 1 aromatic carbocycles. The monoisotopic (exact) mass is 340 g/mol. The minimum atomic E-state index is 0.0753. The van der Waals surface area contributed by atoms with Gasteiger partial charge in [-0.1, -0.05) is 11.6 Å². The van der Waals surface area contributed by atoms with Crippen LogP contribution in [0.1, 0.15) is 32.3 Å². The van der Waals surface area contributed by atoms with E-state index in [1.54, 1.807) is 13.2 Å². The van der Waals surface area contributed by atoms with Crippen molar-refractivity contribution in [2.45, 2.75) is 39.3 Å². The number of nitrogens with one attached hydrogen (secondary N) is 2. The summed E-state index contributed by atoms with van der Waals surface area (Å²) in [5.74, 6) is 1.30. The summed E-state index contributed by atoms with van der Waals surface area (Å²) in [5.41, 5.74) is 0.894. The largest absolute Gasteiger partial charge is 0.493 e. The highest BCUT2D eigenvalue weighted by Gasteiger charge is 2.24. The molecule has 0 unspecified atom stereocenters. The highest BCUT2D eigenvalue weighted by atomic mass is 35.5. The molecule has 0 aliphatic carbocycles. The first kappa shape index (κ1) is 17.9. The van der Waals surface area contributed by atoms with Gasteiger partial charge in [0.05, 0.1) is 18.7 Å². The fraction of sp³-hybridized carbons (Fsp3) is 0.588. The fourth-order valence-corrected chi connectivity index (χ4v) is 3.15. The van der Waals surface area contributed by atoms with Crippen molar-refractivity contribution >= 4 is 17.5 Å². The summed E-state index contributed by atoms with van der Waals surface area (Å²) >= 11 is 6.25. The number of ether oxygens (including phenoxy) is 2. The van der Waals surface area contributed by atoms with Gasteiger partial charge in [-0.15, -0.1) is 0 Å². The SMILES string of the molecule is CCOc1c(Cl)cc(CNC(=O)[C@H]2CCN[C@@H](C)C2)cc1OC. The topological polar surface area (TPSA) is 59.6 Å². The Kier molecular flexibility index (Phi) is 6.54. The van der Waals surface area contributed by atoms with E-state index in [1.165, 1.54) is 0 Å². The molecule has 0 radical (unpaired) electrons. The quantitative estimate of drug-likeness (QED) is 0.836. The molecule has 6 heteroatoms. The predicted octanol–water partition coefficient (Wildman–Crippen LogP) is 2.75. The molecule has 1 fully saturated rings. The third-order valence-corrected chi connectivity index (χ3v) is 4.32. The maximum atomic E-state index is 12.3. The van der Waals surface area contributed by atoms with Crippen LogP contribution in [0.3, 0.4) is 0 Å². The second kappa shape index (κ2) is 8.41. The highest BCUT2D eigenvalue weighted by molar-refractivity contribution is 6.32. The second-order valence-corrected chi connectivity index (χ2v) is 6.24. The fourth-order valence-electron chi connectivity index (χ4n) is 2.86. The summed E-state index contributed by atoms with van der Waals surface area (Å²) in [6, 6.07) is 4.04. The minimum absolute atomic E-state index is 0.0753. The Balaban J connectivity index is 2.00. The Labute approximate surface area is 142 Å². The van der Waals surface area contributed by atoms with E-state index in [9.17, 15) is 4.79 Å². The van der Waals surface area contributed by atoms with Gasteiger partial charge in [0.15, 0.2) is 11.5 Å². The van der Waals surface area contributed by atoms with Gasteiger partial charge in [0.25, 0.3) is 0 Å². The molecule has 0 spiro atoms. The molecule has 128 valence electrons. The Hall–Kier alpha value is -1.46. The second-order valence-electron chi connectivity index (χ2n) is 5.84. The minimum Gasteiger partial charge on any atom is -0.493 e. The van der Waals surface area contributed by atoms with Crippen LogP contribution in [0.2, 0.25) is 5.02 Å². The van der Waals surface area contributed by atoms with E-state index in [-0.39, 0.29) is 11.8 Å². The van der Waals surface area contributed by atoms with Crippen molar-refractivity contribution in [1.29, 1.82) is 0 Å². The molecular weight excluding hydrogens is 316 g/mol. The molecule has 1 amide bonds. The highest BCUT2D eigenvalue weighted by Crippen LogP contribution is 2.36. The van der Waals surface area contributed by atoms with Gasteiger partial charge >= 0.3 is 0 Å². The maximum Gasteiger partial charge on any atom is 0.223 e. The molecule has 1 aliphatic heterocycles. The van der Waals surface area contributed by atoms with E-state index >= 15 is 0 Å². The third-order valence-electron chi connectivity index (χ3n) is 4.04. The van der Waals surface area contributed by atoms with Crippen LogP contribution in [0.4, 0.5) is 0 Å². The summed E-state index contributed by atoms with van der Waals surface area (Å²) in [6.45, 7) is 5.84. The van der Waals surface area contributed by atoms with Crippen LogP contribution in [0.15, 0.2) is 12.1 Å². The van der Waals surface area contributed by atoms with Crippen LogP contribution in [0.5, 0.6) is 11.5 Å². The van der Waals surface area contributed by atoms with Crippen molar-refractivity contribution in [3.05, 3.63) is 22.7 Å². The van der Waals surface area contributed by atoms with E-state index in [0.717, 1.165) is 24.9 Å². The number of hydrogen-bond acceptors (Lipinski definition) is 4. The van der Waals surface area contributed by atoms with Gasteiger partial charge in [-0.2, -0.15) is 0 Å². The maximum absolute atomic E-state index is 12.3. The summed E-state index contributed by atoms with van der Waals surface area (Å²) in [5, 5.41) is 6.84. The number of rotatable bonds is 6. The number of benzene rings is 1. The van der Waals surface area contributed by atoms with Crippen molar-refractivity contribution in [3.63, 3.8) is 0 Å². The first-order chi connectivity index (χ1) is 11.0. The van der Waals surface area contributed by atoms with Gasteiger partial charge in [0.2, 0.25) is 5.91 Å². The molecule has 1 saturated heterocycles. The first-order valence-electron chi connectivity index (χ1n) is 8.05. The number of piperidine rings is 1. The van der Waals surface area contributed by atoms with Crippen LogP contribution in [-0.4, -0.2) is 32.2 Å². The number of carbonyl (C=O) groups excluding carboxylic acids is 1. The molecule has 0 aromatic heterocycles. The van der Waals surface area contributed by atoms with E-state index in [2.05, 4.69) is 17.6 Å². The van der Waals surface area contributed by atoms with Crippen LogP contribution in [0, 0.1) is 5.92 Å². The number of halogens is 1. The molecule has 1 aliphatic rings. The lowest BCUT2D eigenvalue weighted by molar-refractivity contribution is -0.126. The van der Waals surface area contributed by atoms with Gasteiger partial charge in [-0.25, -0.2) is 0 Å². The number of methoxy groups -OCH3 is 1. The van der Waals surface area contributed by atoms with Crippen molar-refractivity contribution in [2.75, 3.05) is 20.3 Å². The number of carbonyl (C=O) groups is 1. The summed E-state index contributed by atoms with van der Waals surface area (Å²) in [7, 11) is 1.58. The summed E-state index contributed by atoms with van der Waals surface area (Å²) < 4.78 is 10.8. The van der Waals surface area contributed by atoms with Crippen molar-refractivity contribution < 1.29 is 14.3 Å². The van der Waals surface area contributed by atoms with Crippen LogP contribution in [0.25, 0.3) is 0 Å². The molecule has 1 heterocycles. The predicted molar refractivity (Wildman–Crippen MR) is 91.2 cm³/mol. The van der Waals surface area contributed by atoms with E-state index in [0.29, 0.717) is 35.7 Å². The van der Waals surface area contributed by atoms with E-state index < -0.39 is 0 Å². The Morgan fingerprint density at radius 3 is 2.91 bits per heavy atom. The number of hydrogen-bond donors (Lipinski definition) is 2. The van der Waals surface area contributed by atoms with Crippen LogP contribution in [-0.2, 0) is 11.3 Å². The van der Waals surface area contributed by atoms with Crippen molar-refractivity contribution in [3.8, 4) is 11.5 Å². The molecule has 2 N–H and O–H groups in total. The normalized spacial score (nSPS) is 20.9. The lowest BCUT2D eigenvalue weighted by Gasteiger charge is -2.27.